The molecule has 3 rings (SSSR count). The average Bonchev–Trinajstić information content (AvgIpc) is 2.98. The second-order valence-electron chi connectivity index (χ2n) is 5.20. The van der Waals surface area contributed by atoms with E-state index in [1.807, 2.05) is 25.1 Å². The fraction of sp³-hybridized carbons (Fsp3) is 0.333. The average molecular weight is 273 g/mol. The van der Waals surface area contributed by atoms with E-state index in [1.54, 1.807) is 18.2 Å². The minimum absolute atomic E-state index is 0.306. The third kappa shape index (κ3) is 2.10. The zero-order chi connectivity index (χ0) is 14.3. The van der Waals surface area contributed by atoms with Gasteiger partial charge in [-0.3, -0.25) is 9.59 Å². The maximum absolute atomic E-state index is 12.3. The Morgan fingerprint density at radius 2 is 1.90 bits per heavy atom. The Labute approximate surface area is 116 Å². The van der Waals surface area contributed by atoms with Gasteiger partial charge >= 0.3 is 5.97 Å². The molecule has 1 aromatic rings. The van der Waals surface area contributed by atoms with Gasteiger partial charge in [-0.05, 0) is 24.6 Å². The third-order valence-corrected chi connectivity index (χ3v) is 3.77. The molecule has 1 amide bonds. The number of aliphatic carboxylic acids is 1. The molecule has 2 bridgehead atoms. The van der Waals surface area contributed by atoms with Crippen molar-refractivity contribution in [1.82, 2.24) is 0 Å². The third-order valence-electron chi connectivity index (χ3n) is 3.77. The Kier molecular flexibility index (Phi) is 3.06. The van der Waals surface area contributed by atoms with E-state index in [2.05, 4.69) is 5.32 Å². The second kappa shape index (κ2) is 4.76. The zero-order valence-corrected chi connectivity index (χ0v) is 10.9. The molecule has 0 spiro atoms. The molecule has 2 aliphatic rings. The van der Waals surface area contributed by atoms with Gasteiger partial charge in [0.25, 0.3) is 0 Å². The summed E-state index contributed by atoms with van der Waals surface area (Å²) in [6.45, 7) is 1.93. The summed E-state index contributed by atoms with van der Waals surface area (Å²) >= 11 is 0. The maximum Gasteiger partial charge on any atom is 0.310 e. The van der Waals surface area contributed by atoms with Crippen molar-refractivity contribution in [2.24, 2.45) is 11.8 Å². The topological polar surface area (TPSA) is 75.6 Å². The van der Waals surface area contributed by atoms with E-state index in [0.29, 0.717) is 5.69 Å². The van der Waals surface area contributed by atoms with Gasteiger partial charge in [0.1, 0.15) is 5.92 Å². The van der Waals surface area contributed by atoms with E-state index in [-0.39, 0.29) is 5.91 Å². The Balaban J connectivity index is 1.80. The number of anilines is 1. The second-order valence-corrected chi connectivity index (χ2v) is 5.20. The van der Waals surface area contributed by atoms with Crippen molar-refractivity contribution in [1.29, 1.82) is 0 Å². The summed E-state index contributed by atoms with van der Waals surface area (Å²) in [4.78, 5) is 23.7. The minimum Gasteiger partial charge on any atom is -0.481 e. The predicted molar refractivity (Wildman–Crippen MR) is 72.2 cm³/mol. The summed E-state index contributed by atoms with van der Waals surface area (Å²) in [5.41, 5.74) is 1.70. The molecule has 1 saturated heterocycles. The molecule has 2 N–H and O–H groups in total. The van der Waals surface area contributed by atoms with Crippen molar-refractivity contribution < 1.29 is 19.4 Å². The van der Waals surface area contributed by atoms with E-state index in [9.17, 15) is 14.7 Å². The summed E-state index contributed by atoms with van der Waals surface area (Å²) in [6.07, 6.45) is 2.56. The van der Waals surface area contributed by atoms with Crippen LogP contribution in [0.3, 0.4) is 0 Å². The number of ether oxygens (including phenoxy) is 1. The zero-order valence-electron chi connectivity index (χ0n) is 10.9. The van der Waals surface area contributed by atoms with Crippen LogP contribution in [-0.2, 0) is 14.3 Å². The Morgan fingerprint density at radius 3 is 2.55 bits per heavy atom. The Morgan fingerprint density at radius 1 is 1.20 bits per heavy atom. The number of carboxylic acids is 1. The van der Waals surface area contributed by atoms with Gasteiger partial charge in [0.2, 0.25) is 5.91 Å². The highest BCUT2D eigenvalue weighted by Crippen LogP contribution is 2.39. The van der Waals surface area contributed by atoms with Crippen LogP contribution in [0.15, 0.2) is 36.4 Å². The first kappa shape index (κ1) is 12.9. The first-order valence-electron chi connectivity index (χ1n) is 6.50. The van der Waals surface area contributed by atoms with Crippen LogP contribution in [-0.4, -0.2) is 29.2 Å². The molecule has 20 heavy (non-hydrogen) atoms. The number of amides is 1. The van der Waals surface area contributed by atoms with Crippen molar-refractivity contribution in [2.45, 2.75) is 19.1 Å². The summed E-state index contributed by atoms with van der Waals surface area (Å²) in [5, 5.41) is 12.0. The molecular formula is C15H15NO4. The quantitative estimate of drug-likeness (QED) is 0.820. The molecule has 0 saturated carbocycles. The van der Waals surface area contributed by atoms with Crippen LogP contribution in [0.5, 0.6) is 0 Å². The number of hydrogen-bond acceptors (Lipinski definition) is 3. The number of fused-ring (bicyclic) bond motifs is 2. The smallest absolute Gasteiger partial charge is 0.310 e. The highest BCUT2D eigenvalue weighted by molar-refractivity contribution is 5.96. The maximum atomic E-state index is 12.3. The normalized spacial score (nSPS) is 30.4. The number of nitrogens with one attached hydrogen (secondary N) is 1. The van der Waals surface area contributed by atoms with Crippen LogP contribution in [0, 0.1) is 18.8 Å². The van der Waals surface area contributed by atoms with Gasteiger partial charge in [-0.25, -0.2) is 0 Å². The molecule has 4 atom stereocenters. The molecule has 104 valence electrons. The number of carbonyl (C=O) groups is 2. The summed E-state index contributed by atoms with van der Waals surface area (Å²) in [5.74, 6) is -2.79. The lowest BCUT2D eigenvalue weighted by molar-refractivity contribution is -0.145. The van der Waals surface area contributed by atoms with E-state index in [1.165, 1.54) is 0 Å². The summed E-state index contributed by atoms with van der Waals surface area (Å²) < 4.78 is 5.49. The fourth-order valence-corrected chi connectivity index (χ4v) is 2.86. The minimum atomic E-state index is -0.994. The number of carboxylic acid groups (broad SMARTS) is 1. The van der Waals surface area contributed by atoms with Crippen LogP contribution in [0.25, 0.3) is 0 Å². The lowest BCUT2D eigenvalue weighted by atomic mass is 9.82. The van der Waals surface area contributed by atoms with Gasteiger partial charge in [0.15, 0.2) is 0 Å². The van der Waals surface area contributed by atoms with Gasteiger partial charge in [-0.1, -0.05) is 24.3 Å². The molecule has 2 heterocycles. The monoisotopic (exact) mass is 273 g/mol. The molecule has 5 heteroatoms. The lowest BCUT2D eigenvalue weighted by Gasteiger charge is -2.21. The van der Waals surface area contributed by atoms with Crippen molar-refractivity contribution in [3.05, 3.63) is 42.0 Å². The van der Waals surface area contributed by atoms with Gasteiger partial charge in [0, 0.05) is 5.69 Å². The molecule has 1 fully saturated rings. The van der Waals surface area contributed by atoms with Crippen LogP contribution in [0.4, 0.5) is 5.69 Å². The van der Waals surface area contributed by atoms with Crippen LogP contribution < -0.4 is 5.32 Å². The van der Waals surface area contributed by atoms with E-state index in [0.717, 1.165) is 5.56 Å². The standard InChI is InChI=1S/C15H15NO4/c1-8-3-2-4-9(7-8)16-14(17)12-10-5-6-11(20-10)13(12)15(18)19/h2-7,10-13H,1H3,(H,16,17)(H,18,19)/t10-,11+,12+,13+/m1/s1. The van der Waals surface area contributed by atoms with E-state index in [4.69, 9.17) is 4.74 Å². The van der Waals surface area contributed by atoms with Gasteiger partial charge in [0.05, 0.1) is 18.1 Å². The largest absolute Gasteiger partial charge is 0.481 e. The molecular weight excluding hydrogens is 258 g/mol. The highest BCUT2D eigenvalue weighted by Gasteiger charge is 2.53. The van der Waals surface area contributed by atoms with Gasteiger partial charge in [-0.2, -0.15) is 0 Å². The number of aryl methyl sites for hydroxylation is 1. The molecule has 1 aromatic carbocycles. The van der Waals surface area contributed by atoms with Crippen LogP contribution in [0.1, 0.15) is 5.56 Å². The van der Waals surface area contributed by atoms with Crippen molar-refractivity contribution in [3.8, 4) is 0 Å². The lowest BCUT2D eigenvalue weighted by Crippen LogP contribution is -2.39. The highest BCUT2D eigenvalue weighted by atomic mass is 16.5. The van der Waals surface area contributed by atoms with E-state index >= 15 is 0 Å². The first-order chi connectivity index (χ1) is 9.56. The fourth-order valence-electron chi connectivity index (χ4n) is 2.86. The molecule has 0 radical (unpaired) electrons. The number of benzene rings is 1. The number of hydrogen-bond donors (Lipinski definition) is 2. The SMILES string of the molecule is Cc1cccc(NC(=O)[C@@H]2[C@@H](C(=O)O)[C@@H]3C=C[C@H]2O3)c1. The molecule has 0 aromatic heterocycles. The summed E-state index contributed by atoms with van der Waals surface area (Å²) in [6, 6.07) is 7.40. The number of rotatable bonds is 3. The number of carbonyl (C=O) groups excluding carboxylic acids is 1. The van der Waals surface area contributed by atoms with Crippen molar-refractivity contribution >= 4 is 17.6 Å². The first-order valence-corrected chi connectivity index (χ1v) is 6.50. The van der Waals surface area contributed by atoms with Crippen molar-refractivity contribution in [3.63, 3.8) is 0 Å². The predicted octanol–water partition coefficient (Wildman–Crippen LogP) is 1.59. The Hall–Kier alpha value is -2.14. The Bertz CT molecular complexity index is 595. The molecule has 2 aliphatic heterocycles. The molecule has 0 unspecified atom stereocenters. The van der Waals surface area contributed by atoms with E-state index < -0.39 is 30.0 Å². The summed E-state index contributed by atoms with van der Waals surface area (Å²) in [7, 11) is 0. The molecule has 0 aliphatic carbocycles. The van der Waals surface area contributed by atoms with Gasteiger partial charge < -0.3 is 15.2 Å². The van der Waals surface area contributed by atoms with Crippen molar-refractivity contribution in [2.75, 3.05) is 5.32 Å². The molecule has 5 nitrogen and oxygen atoms in total. The van der Waals surface area contributed by atoms with Gasteiger partial charge in [-0.15, -0.1) is 0 Å². The van der Waals surface area contributed by atoms with Crippen LogP contribution in [0.2, 0.25) is 0 Å². The van der Waals surface area contributed by atoms with Crippen LogP contribution >= 0.6 is 0 Å².